The maximum atomic E-state index is 7.24. The van der Waals surface area contributed by atoms with Gasteiger partial charge in [0.05, 0.1) is 6.17 Å². The summed E-state index contributed by atoms with van der Waals surface area (Å²) in [7, 11) is 0. The lowest BCUT2D eigenvalue weighted by Crippen LogP contribution is -2.34. The van der Waals surface area contributed by atoms with E-state index in [-0.39, 0.29) is 6.17 Å². The summed E-state index contributed by atoms with van der Waals surface area (Å²) in [6, 6.07) is 0.442. The Morgan fingerprint density at radius 3 is 2.12 bits per heavy atom. The second-order valence-corrected chi connectivity index (χ2v) is 2.28. The lowest BCUT2D eigenvalue weighted by atomic mass is 10.3. The third kappa shape index (κ3) is 4.09. The maximum absolute atomic E-state index is 7.24. The van der Waals surface area contributed by atoms with E-state index in [1.54, 1.807) is 0 Å². The number of rotatable bonds is 3. The summed E-state index contributed by atoms with van der Waals surface area (Å²) >= 11 is 0. The first-order valence-electron chi connectivity index (χ1n) is 3.14. The van der Waals surface area contributed by atoms with Crippen LogP contribution in [0.5, 0.6) is 0 Å². The first-order chi connectivity index (χ1) is 3.66. The third-order valence-corrected chi connectivity index (χ3v) is 0.943. The Morgan fingerprint density at radius 1 is 1.50 bits per heavy atom. The van der Waals surface area contributed by atoms with Crippen molar-refractivity contribution in [3.05, 3.63) is 0 Å². The van der Waals surface area contributed by atoms with Crippen LogP contribution in [0.3, 0.4) is 0 Å². The third-order valence-electron chi connectivity index (χ3n) is 0.943. The van der Waals surface area contributed by atoms with Gasteiger partial charge in [0.1, 0.15) is 0 Å². The predicted molar refractivity (Wildman–Crippen MR) is 35.4 cm³/mol. The fourth-order valence-corrected chi connectivity index (χ4v) is 0.520. The number of nitrogens with one attached hydrogen (secondary N) is 2. The minimum absolute atomic E-state index is 0.0741. The molecule has 1 atom stereocenters. The van der Waals surface area contributed by atoms with Gasteiger partial charge in [0, 0.05) is 6.04 Å². The average molecular weight is 115 g/mol. The van der Waals surface area contributed by atoms with Crippen molar-refractivity contribution in [2.75, 3.05) is 0 Å². The van der Waals surface area contributed by atoms with Crippen LogP contribution >= 0.6 is 0 Å². The van der Waals surface area contributed by atoms with Crippen LogP contribution in [0.1, 0.15) is 27.2 Å². The molecule has 0 aromatic heterocycles. The van der Waals surface area contributed by atoms with Crippen LogP contribution < -0.4 is 11.1 Å². The van der Waals surface area contributed by atoms with E-state index in [0.29, 0.717) is 6.04 Å². The molecule has 0 aliphatic carbocycles. The molecule has 0 aromatic carbocycles. The Bertz CT molecular complexity index is 52.5. The normalized spacial score (nSPS) is 14.6. The van der Waals surface area contributed by atoms with Gasteiger partial charge < -0.3 is 0 Å². The van der Waals surface area contributed by atoms with E-state index < -0.39 is 0 Å². The highest BCUT2D eigenvalue weighted by Gasteiger charge is 1.98. The van der Waals surface area contributed by atoms with Crippen molar-refractivity contribution in [2.24, 2.45) is 0 Å². The SMILES string of the molecule is CCC([NH])NC(C)C. The Labute approximate surface area is 51.5 Å². The summed E-state index contributed by atoms with van der Waals surface area (Å²) < 4.78 is 0. The molecule has 1 radical (unpaired) electrons. The van der Waals surface area contributed by atoms with Gasteiger partial charge in [-0.05, 0) is 20.3 Å². The quantitative estimate of drug-likeness (QED) is 0.585. The molecular formula is C6H15N2. The van der Waals surface area contributed by atoms with Gasteiger partial charge >= 0.3 is 0 Å². The van der Waals surface area contributed by atoms with E-state index in [2.05, 4.69) is 19.2 Å². The van der Waals surface area contributed by atoms with Gasteiger partial charge in [-0.25, -0.2) is 5.73 Å². The summed E-state index contributed by atoms with van der Waals surface area (Å²) in [6.07, 6.45) is 0.813. The molecule has 0 amide bonds. The Kier molecular flexibility index (Phi) is 3.83. The average Bonchev–Trinajstić information content (AvgIpc) is 1.65. The second kappa shape index (κ2) is 3.87. The topological polar surface area (TPSA) is 35.8 Å². The molecular weight excluding hydrogens is 100 g/mol. The van der Waals surface area contributed by atoms with Crippen LogP contribution in [0, 0.1) is 0 Å². The van der Waals surface area contributed by atoms with Crippen molar-refractivity contribution in [1.29, 1.82) is 0 Å². The molecule has 0 rings (SSSR count). The van der Waals surface area contributed by atoms with Gasteiger partial charge in [0.25, 0.3) is 0 Å². The van der Waals surface area contributed by atoms with Gasteiger partial charge in [-0.15, -0.1) is 0 Å². The standard InChI is InChI=1S/C6H15N2/c1-4-6(7)8-5(2)3/h5-8H,4H2,1-3H3. The van der Waals surface area contributed by atoms with Crippen LogP contribution in [0.15, 0.2) is 0 Å². The lowest BCUT2D eigenvalue weighted by molar-refractivity contribution is 0.452. The second-order valence-electron chi connectivity index (χ2n) is 2.28. The molecule has 0 saturated carbocycles. The smallest absolute Gasteiger partial charge is 0.0703 e. The Hall–Kier alpha value is -0.0800. The van der Waals surface area contributed by atoms with E-state index >= 15 is 0 Å². The Balaban J connectivity index is 3.10. The monoisotopic (exact) mass is 115 g/mol. The molecule has 0 saturated heterocycles. The molecule has 0 heterocycles. The van der Waals surface area contributed by atoms with E-state index in [1.807, 2.05) is 6.92 Å². The summed E-state index contributed by atoms with van der Waals surface area (Å²) in [5, 5.41) is 3.06. The summed E-state index contributed by atoms with van der Waals surface area (Å²) in [6.45, 7) is 6.11. The van der Waals surface area contributed by atoms with Gasteiger partial charge in [0.2, 0.25) is 0 Å². The van der Waals surface area contributed by atoms with Crippen LogP contribution in [0.25, 0.3) is 0 Å². The van der Waals surface area contributed by atoms with E-state index in [1.165, 1.54) is 0 Å². The minimum atomic E-state index is -0.0741. The first kappa shape index (κ1) is 7.92. The molecule has 0 spiro atoms. The molecule has 0 bridgehead atoms. The highest BCUT2D eigenvalue weighted by Crippen LogP contribution is 1.85. The zero-order valence-corrected chi connectivity index (χ0v) is 5.86. The molecule has 2 heteroatoms. The lowest BCUT2D eigenvalue weighted by Gasteiger charge is -2.12. The zero-order chi connectivity index (χ0) is 6.57. The summed E-state index contributed by atoms with van der Waals surface area (Å²) in [5.74, 6) is 0. The van der Waals surface area contributed by atoms with Gasteiger partial charge in [-0.1, -0.05) is 6.92 Å². The van der Waals surface area contributed by atoms with Crippen LogP contribution in [-0.2, 0) is 0 Å². The number of hydrogen-bond donors (Lipinski definition) is 1. The molecule has 0 aromatic rings. The fourth-order valence-electron chi connectivity index (χ4n) is 0.520. The highest BCUT2D eigenvalue weighted by atomic mass is 15.0. The van der Waals surface area contributed by atoms with Gasteiger partial charge in [-0.3, -0.25) is 5.32 Å². The molecule has 49 valence electrons. The molecule has 0 aliphatic heterocycles. The van der Waals surface area contributed by atoms with Crippen LogP contribution in [0.4, 0.5) is 0 Å². The van der Waals surface area contributed by atoms with Crippen LogP contribution in [-0.4, -0.2) is 12.2 Å². The van der Waals surface area contributed by atoms with Crippen molar-refractivity contribution in [3.63, 3.8) is 0 Å². The van der Waals surface area contributed by atoms with E-state index in [0.717, 1.165) is 6.42 Å². The first-order valence-corrected chi connectivity index (χ1v) is 3.14. The fraction of sp³-hybridized carbons (Fsp3) is 1.00. The molecule has 2 nitrogen and oxygen atoms in total. The van der Waals surface area contributed by atoms with Crippen LogP contribution in [0.2, 0.25) is 0 Å². The van der Waals surface area contributed by atoms with Gasteiger partial charge in [-0.2, -0.15) is 0 Å². The zero-order valence-electron chi connectivity index (χ0n) is 5.86. The van der Waals surface area contributed by atoms with Gasteiger partial charge in [0.15, 0.2) is 0 Å². The molecule has 0 aliphatic rings. The molecule has 2 N–H and O–H groups in total. The predicted octanol–water partition coefficient (Wildman–Crippen LogP) is 1.00. The van der Waals surface area contributed by atoms with Crippen molar-refractivity contribution < 1.29 is 0 Å². The summed E-state index contributed by atoms with van der Waals surface area (Å²) in [5.41, 5.74) is 7.24. The summed E-state index contributed by atoms with van der Waals surface area (Å²) in [4.78, 5) is 0. The highest BCUT2D eigenvalue weighted by molar-refractivity contribution is 4.57. The molecule has 8 heavy (non-hydrogen) atoms. The van der Waals surface area contributed by atoms with E-state index in [9.17, 15) is 0 Å². The Morgan fingerprint density at radius 2 is 2.00 bits per heavy atom. The van der Waals surface area contributed by atoms with Crippen molar-refractivity contribution in [2.45, 2.75) is 39.4 Å². The van der Waals surface area contributed by atoms with Crippen molar-refractivity contribution >= 4 is 0 Å². The van der Waals surface area contributed by atoms with Crippen molar-refractivity contribution in [3.8, 4) is 0 Å². The largest absolute Gasteiger partial charge is 0.299 e. The minimum Gasteiger partial charge on any atom is -0.299 e. The van der Waals surface area contributed by atoms with Crippen molar-refractivity contribution in [1.82, 2.24) is 11.1 Å². The molecule has 0 fully saturated rings. The molecule has 1 unspecified atom stereocenters. The maximum Gasteiger partial charge on any atom is 0.0703 e. The number of hydrogen-bond acceptors (Lipinski definition) is 1. The van der Waals surface area contributed by atoms with E-state index in [4.69, 9.17) is 5.73 Å².